The summed E-state index contributed by atoms with van der Waals surface area (Å²) in [6, 6.07) is 6.98. The Morgan fingerprint density at radius 2 is 1.50 bits per heavy atom. The third-order valence-electron chi connectivity index (χ3n) is 3.32. The van der Waals surface area contributed by atoms with E-state index in [1.807, 2.05) is 32.0 Å². The first-order chi connectivity index (χ1) is 8.43. The molecule has 0 unspecified atom stereocenters. The van der Waals surface area contributed by atoms with Gasteiger partial charge >= 0.3 is 0 Å². The van der Waals surface area contributed by atoms with Crippen LogP contribution < -0.4 is 0 Å². The van der Waals surface area contributed by atoms with Crippen molar-refractivity contribution in [1.82, 2.24) is 0 Å². The van der Waals surface area contributed by atoms with E-state index in [1.165, 1.54) is 6.07 Å². The third-order valence-corrected chi connectivity index (χ3v) is 3.32. The van der Waals surface area contributed by atoms with Crippen LogP contribution in [-0.2, 0) is 0 Å². The van der Waals surface area contributed by atoms with E-state index < -0.39 is 0 Å². The van der Waals surface area contributed by atoms with Gasteiger partial charge in [0, 0.05) is 0 Å². The highest BCUT2D eigenvalue weighted by Gasteiger charge is 2.18. The van der Waals surface area contributed by atoms with Gasteiger partial charge in [-0.1, -0.05) is 18.2 Å². The van der Waals surface area contributed by atoms with Crippen molar-refractivity contribution in [2.75, 3.05) is 0 Å². The normalized spacial score (nSPS) is 10.6. The minimum absolute atomic E-state index is 0.000926. The maximum atomic E-state index is 10.1. The summed E-state index contributed by atoms with van der Waals surface area (Å²) in [4.78, 5) is 0. The Bertz CT molecular complexity index is 589. The second-order valence-corrected chi connectivity index (χ2v) is 4.53. The fraction of sp³-hybridized carbons (Fsp3) is 0.200. The highest BCUT2D eigenvalue weighted by molar-refractivity contribution is 5.82. The molecule has 0 saturated heterocycles. The Balaban J connectivity index is 2.83. The number of aromatic hydroxyl groups is 3. The molecule has 0 aliphatic carbocycles. The summed E-state index contributed by atoms with van der Waals surface area (Å²) in [7, 11) is 0. The topological polar surface area (TPSA) is 60.7 Å². The van der Waals surface area contributed by atoms with Crippen LogP contribution in [-0.4, -0.2) is 15.3 Å². The zero-order valence-corrected chi connectivity index (χ0v) is 10.7. The molecule has 2 aromatic carbocycles. The molecule has 0 fully saturated rings. The number of phenols is 3. The molecule has 2 rings (SSSR count). The van der Waals surface area contributed by atoms with Gasteiger partial charge in [-0.2, -0.15) is 0 Å². The predicted octanol–water partition coefficient (Wildman–Crippen LogP) is 3.40. The van der Waals surface area contributed by atoms with Crippen LogP contribution in [0.5, 0.6) is 17.2 Å². The van der Waals surface area contributed by atoms with E-state index >= 15 is 0 Å². The van der Waals surface area contributed by atoms with Gasteiger partial charge in [0.2, 0.25) is 0 Å². The summed E-state index contributed by atoms with van der Waals surface area (Å²) in [5, 5.41) is 29.7. The zero-order valence-electron chi connectivity index (χ0n) is 10.7. The van der Waals surface area contributed by atoms with Crippen molar-refractivity contribution < 1.29 is 15.3 Å². The SMILES string of the molecule is Cc1cccc(-c2c(O)c(C)cc(O)c2O)c1C. The average molecular weight is 244 g/mol. The van der Waals surface area contributed by atoms with Gasteiger partial charge in [-0.25, -0.2) is 0 Å². The van der Waals surface area contributed by atoms with Crippen molar-refractivity contribution in [1.29, 1.82) is 0 Å². The van der Waals surface area contributed by atoms with Crippen molar-refractivity contribution >= 4 is 0 Å². The molecule has 18 heavy (non-hydrogen) atoms. The lowest BCUT2D eigenvalue weighted by atomic mass is 9.94. The van der Waals surface area contributed by atoms with Crippen molar-refractivity contribution in [2.24, 2.45) is 0 Å². The largest absolute Gasteiger partial charge is 0.507 e. The summed E-state index contributed by atoms with van der Waals surface area (Å²) in [6.45, 7) is 5.56. The lowest BCUT2D eigenvalue weighted by Gasteiger charge is -2.14. The lowest BCUT2D eigenvalue weighted by molar-refractivity contribution is 0.397. The van der Waals surface area contributed by atoms with Crippen LogP contribution in [0.3, 0.4) is 0 Å². The summed E-state index contributed by atoms with van der Waals surface area (Å²) < 4.78 is 0. The molecule has 0 aliphatic heterocycles. The van der Waals surface area contributed by atoms with Gasteiger partial charge in [-0.3, -0.25) is 0 Å². The first-order valence-corrected chi connectivity index (χ1v) is 5.74. The van der Waals surface area contributed by atoms with Crippen LogP contribution in [0, 0.1) is 20.8 Å². The van der Waals surface area contributed by atoms with Crippen molar-refractivity contribution in [2.45, 2.75) is 20.8 Å². The Morgan fingerprint density at radius 3 is 2.17 bits per heavy atom. The molecule has 94 valence electrons. The van der Waals surface area contributed by atoms with E-state index in [0.717, 1.165) is 16.7 Å². The third kappa shape index (κ3) is 1.78. The molecule has 0 bridgehead atoms. The van der Waals surface area contributed by atoms with E-state index in [4.69, 9.17) is 0 Å². The summed E-state index contributed by atoms with van der Waals surface area (Å²) in [5.41, 5.74) is 3.57. The van der Waals surface area contributed by atoms with Gasteiger partial charge in [0.05, 0.1) is 5.56 Å². The van der Waals surface area contributed by atoms with Gasteiger partial charge in [0.15, 0.2) is 11.5 Å². The smallest absolute Gasteiger partial charge is 0.169 e. The number of hydrogen-bond acceptors (Lipinski definition) is 3. The standard InChI is InChI=1S/C15H16O3/c1-8-5-4-6-11(10(8)3)13-14(17)9(2)7-12(16)15(13)18/h4-7,16-18H,1-3H3. The average Bonchev–Trinajstić information content (AvgIpc) is 2.32. The van der Waals surface area contributed by atoms with Crippen molar-refractivity contribution in [3.05, 3.63) is 41.0 Å². The van der Waals surface area contributed by atoms with Crippen molar-refractivity contribution in [3.8, 4) is 28.4 Å². The highest BCUT2D eigenvalue weighted by Crippen LogP contribution is 2.46. The highest BCUT2D eigenvalue weighted by atomic mass is 16.3. The lowest BCUT2D eigenvalue weighted by Crippen LogP contribution is -1.90. The van der Waals surface area contributed by atoms with Crippen LogP contribution >= 0.6 is 0 Å². The quantitative estimate of drug-likeness (QED) is 0.532. The van der Waals surface area contributed by atoms with Gasteiger partial charge in [0.25, 0.3) is 0 Å². The van der Waals surface area contributed by atoms with Crippen molar-refractivity contribution in [3.63, 3.8) is 0 Å². The Kier molecular flexibility index (Phi) is 2.91. The zero-order chi connectivity index (χ0) is 13.4. The predicted molar refractivity (Wildman–Crippen MR) is 71.1 cm³/mol. The Hall–Kier alpha value is -2.16. The fourth-order valence-corrected chi connectivity index (χ4v) is 2.06. The van der Waals surface area contributed by atoms with E-state index in [0.29, 0.717) is 5.56 Å². The molecule has 3 heteroatoms. The van der Waals surface area contributed by atoms with Gasteiger partial charge < -0.3 is 15.3 Å². The summed E-state index contributed by atoms with van der Waals surface area (Å²) in [6.07, 6.45) is 0. The Morgan fingerprint density at radius 1 is 0.833 bits per heavy atom. The molecular weight excluding hydrogens is 228 g/mol. The fourth-order valence-electron chi connectivity index (χ4n) is 2.06. The Labute approximate surface area is 106 Å². The number of hydrogen-bond donors (Lipinski definition) is 3. The van der Waals surface area contributed by atoms with E-state index in [9.17, 15) is 15.3 Å². The van der Waals surface area contributed by atoms with Crippen LogP contribution in [0.25, 0.3) is 11.1 Å². The molecule has 0 radical (unpaired) electrons. The van der Waals surface area contributed by atoms with E-state index in [1.54, 1.807) is 6.92 Å². The number of benzene rings is 2. The van der Waals surface area contributed by atoms with Crippen LogP contribution in [0.2, 0.25) is 0 Å². The first-order valence-electron chi connectivity index (χ1n) is 5.74. The van der Waals surface area contributed by atoms with Gasteiger partial charge in [-0.15, -0.1) is 0 Å². The second kappa shape index (κ2) is 4.26. The van der Waals surface area contributed by atoms with E-state index in [-0.39, 0.29) is 22.8 Å². The molecule has 0 aliphatic rings. The molecule has 0 heterocycles. The molecule has 3 N–H and O–H groups in total. The minimum atomic E-state index is -0.285. The molecule has 0 amide bonds. The molecular formula is C15H16O3. The molecule has 0 aromatic heterocycles. The van der Waals surface area contributed by atoms with Crippen LogP contribution in [0.15, 0.2) is 24.3 Å². The number of rotatable bonds is 1. The number of phenolic OH excluding ortho intramolecular Hbond substituents is 3. The second-order valence-electron chi connectivity index (χ2n) is 4.53. The first kappa shape index (κ1) is 12.3. The maximum Gasteiger partial charge on any atom is 0.169 e. The molecule has 3 nitrogen and oxygen atoms in total. The maximum absolute atomic E-state index is 10.1. The van der Waals surface area contributed by atoms with Crippen LogP contribution in [0.1, 0.15) is 16.7 Å². The molecule has 0 saturated carbocycles. The molecule has 2 aromatic rings. The van der Waals surface area contributed by atoms with Gasteiger partial charge in [0.1, 0.15) is 5.75 Å². The van der Waals surface area contributed by atoms with Gasteiger partial charge in [-0.05, 0) is 49.1 Å². The molecule has 0 atom stereocenters. The monoisotopic (exact) mass is 244 g/mol. The van der Waals surface area contributed by atoms with Crippen LogP contribution in [0.4, 0.5) is 0 Å². The molecule has 0 spiro atoms. The minimum Gasteiger partial charge on any atom is -0.507 e. The van der Waals surface area contributed by atoms with E-state index in [2.05, 4.69) is 0 Å². The number of aryl methyl sites for hydroxylation is 2. The summed E-state index contributed by atoms with van der Waals surface area (Å²) >= 11 is 0. The summed E-state index contributed by atoms with van der Waals surface area (Å²) in [5.74, 6) is -0.507.